The molecule has 1 aromatic heterocycles. The minimum absolute atomic E-state index is 0.0392. The summed E-state index contributed by atoms with van der Waals surface area (Å²) >= 11 is 12.2. The molecule has 0 unspecified atom stereocenters. The number of hydrogen-bond donors (Lipinski definition) is 2. The summed E-state index contributed by atoms with van der Waals surface area (Å²) in [6.45, 7) is 3.23. The Bertz CT molecular complexity index is 745. The van der Waals surface area contributed by atoms with Crippen molar-refractivity contribution >= 4 is 46.8 Å². The van der Waals surface area contributed by atoms with Crippen molar-refractivity contribution in [1.29, 1.82) is 0 Å². The van der Waals surface area contributed by atoms with Crippen LogP contribution in [0.3, 0.4) is 0 Å². The second-order valence-electron chi connectivity index (χ2n) is 5.64. The van der Waals surface area contributed by atoms with Crippen LogP contribution < -0.4 is 10.2 Å². The van der Waals surface area contributed by atoms with E-state index in [0.29, 0.717) is 29.9 Å². The molecule has 26 heavy (non-hydrogen) atoms. The van der Waals surface area contributed by atoms with E-state index in [1.807, 2.05) is 12.1 Å². The third kappa shape index (κ3) is 6.31. The molecule has 2 N–H and O–H groups in total. The third-order valence-electron chi connectivity index (χ3n) is 3.54. The van der Waals surface area contributed by atoms with E-state index in [-0.39, 0.29) is 11.7 Å². The Morgan fingerprint density at radius 2 is 2.04 bits per heavy atom. The van der Waals surface area contributed by atoms with E-state index in [1.54, 1.807) is 17.0 Å². The molecule has 0 spiro atoms. The topological polar surface area (TPSA) is 91.2 Å². The fourth-order valence-electron chi connectivity index (χ4n) is 2.29. The molecule has 0 saturated carbocycles. The summed E-state index contributed by atoms with van der Waals surface area (Å²) in [5.41, 5.74) is 0.754. The number of carbonyl (C=O) groups is 1. The lowest BCUT2D eigenvalue weighted by Gasteiger charge is -2.23. The van der Waals surface area contributed by atoms with Crippen LogP contribution >= 0.6 is 23.2 Å². The number of aliphatic carboxylic acids is 1. The summed E-state index contributed by atoms with van der Waals surface area (Å²) in [6, 6.07) is 7.20. The summed E-state index contributed by atoms with van der Waals surface area (Å²) < 4.78 is 0. The molecule has 140 valence electrons. The van der Waals surface area contributed by atoms with E-state index in [0.717, 1.165) is 25.1 Å². The molecule has 0 radical (unpaired) electrons. The monoisotopic (exact) mass is 397 g/mol. The van der Waals surface area contributed by atoms with Gasteiger partial charge in [0.15, 0.2) is 0 Å². The van der Waals surface area contributed by atoms with Gasteiger partial charge in [-0.2, -0.15) is 15.0 Å². The number of benzene rings is 1. The van der Waals surface area contributed by atoms with Gasteiger partial charge < -0.3 is 15.3 Å². The number of nitrogens with one attached hydrogen (secondary N) is 1. The van der Waals surface area contributed by atoms with E-state index in [1.165, 1.54) is 0 Å². The van der Waals surface area contributed by atoms with Gasteiger partial charge in [0, 0.05) is 30.2 Å². The molecule has 0 saturated heterocycles. The van der Waals surface area contributed by atoms with Crippen LogP contribution in [0.4, 0.5) is 17.6 Å². The van der Waals surface area contributed by atoms with E-state index < -0.39 is 5.97 Å². The molecule has 0 atom stereocenters. The summed E-state index contributed by atoms with van der Waals surface area (Å²) in [7, 11) is 0. The lowest BCUT2D eigenvalue weighted by atomic mass is 10.2. The van der Waals surface area contributed by atoms with Crippen molar-refractivity contribution in [2.75, 3.05) is 23.3 Å². The van der Waals surface area contributed by atoms with Gasteiger partial charge in [0.25, 0.3) is 0 Å². The Kier molecular flexibility index (Phi) is 7.87. The van der Waals surface area contributed by atoms with Crippen molar-refractivity contribution < 1.29 is 9.90 Å². The van der Waals surface area contributed by atoms with Gasteiger partial charge in [-0.3, -0.25) is 4.79 Å². The normalized spacial score (nSPS) is 10.6. The minimum atomic E-state index is -0.855. The summed E-state index contributed by atoms with van der Waals surface area (Å²) in [6.07, 6.45) is 2.49. The standard InChI is InChI=1S/C17H21Cl2N5O2/c1-2-3-9-20-16-21-15(19)22-17(23-16)24(10-5-8-14(25)26)13-7-4-6-12(18)11-13/h4,6-7,11H,2-3,5,8-10H2,1H3,(H,25,26)(H,20,21,22,23). The lowest BCUT2D eigenvalue weighted by molar-refractivity contribution is -0.137. The molecule has 0 fully saturated rings. The largest absolute Gasteiger partial charge is 0.481 e. The highest BCUT2D eigenvalue weighted by Crippen LogP contribution is 2.26. The van der Waals surface area contributed by atoms with Crippen LogP contribution in [0.15, 0.2) is 24.3 Å². The van der Waals surface area contributed by atoms with Crippen LogP contribution in [-0.4, -0.2) is 39.1 Å². The number of anilines is 3. The highest BCUT2D eigenvalue weighted by Gasteiger charge is 2.16. The van der Waals surface area contributed by atoms with Crippen LogP contribution in [0.1, 0.15) is 32.6 Å². The Morgan fingerprint density at radius 3 is 2.73 bits per heavy atom. The van der Waals surface area contributed by atoms with E-state index in [2.05, 4.69) is 27.2 Å². The highest BCUT2D eigenvalue weighted by molar-refractivity contribution is 6.30. The van der Waals surface area contributed by atoms with Gasteiger partial charge in [-0.05, 0) is 42.6 Å². The van der Waals surface area contributed by atoms with Gasteiger partial charge in [-0.1, -0.05) is 31.0 Å². The van der Waals surface area contributed by atoms with Crippen LogP contribution in [0.5, 0.6) is 0 Å². The lowest BCUT2D eigenvalue weighted by Crippen LogP contribution is -2.22. The van der Waals surface area contributed by atoms with Crippen molar-refractivity contribution in [2.45, 2.75) is 32.6 Å². The van der Waals surface area contributed by atoms with Crippen LogP contribution in [0, 0.1) is 0 Å². The number of halogens is 2. The summed E-state index contributed by atoms with van der Waals surface area (Å²) in [5, 5.41) is 12.7. The predicted molar refractivity (Wildman–Crippen MR) is 104 cm³/mol. The van der Waals surface area contributed by atoms with Crippen molar-refractivity contribution in [3.8, 4) is 0 Å². The van der Waals surface area contributed by atoms with Gasteiger partial charge in [-0.25, -0.2) is 0 Å². The average Bonchev–Trinajstić information content (AvgIpc) is 2.58. The number of nitrogens with zero attached hydrogens (tertiary/aromatic N) is 4. The van der Waals surface area contributed by atoms with Gasteiger partial charge in [0.1, 0.15) is 0 Å². The molecular weight excluding hydrogens is 377 g/mol. The van der Waals surface area contributed by atoms with E-state index >= 15 is 0 Å². The zero-order chi connectivity index (χ0) is 18.9. The first-order valence-corrected chi connectivity index (χ1v) is 9.15. The van der Waals surface area contributed by atoms with Crippen molar-refractivity contribution in [1.82, 2.24) is 15.0 Å². The Hall–Kier alpha value is -2.12. The SMILES string of the molecule is CCCCNc1nc(Cl)nc(N(CCCC(=O)O)c2cccc(Cl)c2)n1. The molecular formula is C17H21Cl2N5O2. The Balaban J connectivity index is 2.29. The second kappa shape index (κ2) is 10.1. The summed E-state index contributed by atoms with van der Waals surface area (Å²) in [4.78, 5) is 25.4. The minimum Gasteiger partial charge on any atom is -0.481 e. The quantitative estimate of drug-likeness (QED) is 0.574. The zero-order valence-electron chi connectivity index (χ0n) is 14.5. The molecule has 0 aliphatic heterocycles. The molecule has 0 amide bonds. The number of rotatable bonds is 10. The second-order valence-corrected chi connectivity index (χ2v) is 6.41. The maximum absolute atomic E-state index is 10.9. The number of unbranched alkanes of at least 4 members (excludes halogenated alkanes) is 1. The molecule has 2 rings (SSSR count). The number of hydrogen-bond acceptors (Lipinski definition) is 6. The third-order valence-corrected chi connectivity index (χ3v) is 3.95. The van der Waals surface area contributed by atoms with Crippen molar-refractivity contribution in [2.24, 2.45) is 0 Å². The maximum Gasteiger partial charge on any atom is 0.303 e. The first-order valence-electron chi connectivity index (χ1n) is 8.40. The molecule has 1 heterocycles. The predicted octanol–water partition coefficient (Wildman–Crippen LogP) is 4.39. The van der Waals surface area contributed by atoms with Gasteiger partial charge >= 0.3 is 5.97 Å². The van der Waals surface area contributed by atoms with Gasteiger partial charge in [-0.15, -0.1) is 0 Å². The van der Waals surface area contributed by atoms with E-state index in [4.69, 9.17) is 28.3 Å². The molecule has 7 nitrogen and oxygen atoms in total. The summed E-state index contributed by atoms with van der Waals surface area (Å²) in [5.74, 6) is -0.123. The first-order chi connectivity index (χ1) is 12.5. The highest BCUT2D eigenvalue weighted by atomic mass is 35.5. The smallest absolute Gasteiger partial charge is 0.303 e. The van der Waals surface area contributed by atoms with Crippen molar-refractivity contribution in [3.63, 3.8) is 0 Å². The molecule has 0 aliphatic carbocycles. The molecule has 0 bridgehead atoms. The van der Waals surface area contributed by atoms with Gasteiger partial charge in [0.05, 0.1) is 0 Å². The molecule has 9 heteroatoms. The average molecular weight is 398 g/mol. The van der Waals surface area contributed by atoms with Crippen LogP contribution in [-0.2, 0) is 4.79 Å². The Morgan fingerprint density at radius 1 is 1.23 bits per heavy atom. The number of carboxylic acids is 1. The van der Waals surface area contributed by atoms with Crippen molar-refractivity contribution in [3.05, 3.63) is 34.6 Å². The number of carboxylic acid groups (broad SMARTS) is 1. The molecule has 2 aromatic rings. The molecule has 0 aliphatic rings. The maximum atomic E-state index is 10.9. The van der Waals surface area contributed by atoms with E-state index in [9.17, 15) is 4.79 Å². The van der Waals surface area contributed by atoms with Gasteiger partial charge in [0.2, 0.25) is 17.2 Å². The molecule has 1 aromatic carbocycles. The fourth-order valence-corrected chi connectivity index (χ4v) is 2.63. The fraction of sp³-hybridized carbons (Fsp3) is 0.412. The number of aromatic nitrogens is 3. The van der Waals surface area contributed by atoms with Crippen LogP contribution in [0.2, 0.25) is 10.3 Å². The van der Waals surface area contributed by atoms with Crippen LogP contribution in [0.25, 0.3) is 0 Å². The Labute approximate surface area is 162 Å². The zero-order valence-corrected chi connectivity index (χ0v) is 16.0. The first kappa shape index (κ1) is 20.2.